The van der Waals surface area contributed by atoms with Gasteiger partial charge >= 0.3 is 0 Å². The van der Waals surface area contributed by atoms with E-state index in [1.54, 1.807) is 43.1 Å². The zero-order valence-corrected chi connectivity index (χ0v) is 36.1. The number of ether oxygens (including phenoxy) is 2. The van der Waals surface area contributed by atoms with Crippen LogP contribution in [0, 0.1) is 11.3 Å². The number of hydrogen-bond donors (Lipinski definition) is 1. The Kier molecular flexibility index (Phi) is 10.8. The molecule has 4 aromatic rings. The normalized spacial score (nSPS) is 20.7. The average molecular weight is 864 g/mol. The summed E-state index contributed by atoms with van der Waals surface area (Å²) in [4.78, 5) is 88.9. The zero-order chi connectivity index (χ0) is 43.6. The number of anilines is 1. The Balaban J connectivity index is 0.768. The maximum atomic E-state index is 13.8. The lowest BCUT2D eigenvalue weighted by molar-refractivity contribution is -0.142. The largest absolute Gasteiger partial charge is 0.496 e. The molecule has 2 aromatic heterocycles. The molecule has 324 valence electrons. The van der Waals surface area contributed by atoms with E-state index < -0.39 is 29.7 Å². The van der Waals surface area contributed by atoms with E-state index in [0.29, 0.717) is 41.5 Å². The Morgan fingerprint density at radius 2 is 1.65 bits per heavy atom. The summed E-state index contributed by atoms with van der Waals surface area (Å²) in [6.45, 7) is 3.54. The van der Waals surface area contributed by atoms with Crippen molar-refractivity contribution in [3.63, 3.8) is 0 Å². The molecule has 16 heteroatoms. The molecule has 1 aliphatic carbocycles. The number of imide groups is 2. The number of aryl methyl sites for hydroxylation is 1. The van der Waals surface area contributed by atoms with E-state index in [2.05, 4.69) is 15.2 Å². The van der Waals surface area contributed by atoms with Gasteiger partial charge in [-0.05, 0) is 105 Å². The topological polar surface area (TPSA) is 164 Å². The number of rotatable bonds is 9. The number of fused-ring (bicyclic) bond motifs is 2. The highest BCUT2D eigenvalue weighted by Gasteiger charge is 2.49. The Morgan fingerprint density at radius 1 is 0.919 bits per heavy atom. The Bertz CT molecular complexity index is 2590. The number of likely N-dealkylation sites (tertiary alicyclic amines) is 2. The van der Waals surface area contributed by atoms with Crippen LogP contribution in [0.3, 0.4) is 0 Å². The van der Waals surface area contributed by atoms with Crippen LogP contribution in [-0.4, -0.2) is 113 Å². The molecule has 0 bridgehead atoms. The van der Waals surface area contributed by atoms with Gasteiger partial charge < -0.3 is 23.8 Å². The van der Waals surface area contributed by atoms with Crippen molar-refractivity contribution in [3.8, 4) is 22.6 Å². The van der Waals surface area contributed by atoms with Gasteiger partial charge in [-0.3, -0.25) is 43.9 Å². The van der Waals surface area contributed by atoms with Gasteiger partial charge in [0.05, 0.1) is 29.7 Å². The van der Waals surface area contributed by atoms with Crippen LogP contribution >= 0.6 is 11.6 Å². The molecule has 15 nitrogen and oxygen atoms in total. The molecular formula is C46H50ClN7O8. The van der Waals surface area contributed by atoms with Crippen molar-refractivity contribution in [3.05, 3.63) is 80.9 Å². The van der Waals surface area contributed by atoms with Crippen LogP contribution in [0.5, 0.6) is 11.5 Å². The molecule has 6 heterocycles. The number of amides is 5. The summed E-state index contributed by atoms with van der Waals surface area (Å²) >= 11 is 7.01. The van der Waals surface area contributed by atoms with Crippen LogP contribution in [0.15, 0.2) is 53.6 Å². The number of carbonyl (C=O) groups excluding carboxylic acids is 5. The third kappa shape index (κ3) is 7.48. The van der Waals surface area contributed by atoms with Crippen molar-refractivity contribution in [2.75, 3.05) is 52.3 Å². The molecule has 3 saturated heterocycles. The summed E-state index contributed by atoms with van der Waals surface area (Å²) in [5, 5.41) is 4.10. The number of methoxy groups -OCH3 is 1. The highest BCUT2D eigenvalue weighted by atomic mass is 35.5. The molecule has 4 fully saturated rings. The van der Waals surface area contributed by atoms with Crippen LogP contribution in [0.25, 0.3) is 21.9 Å². The first-order valence-corrected chi connectivity index (χ1v) is 21.7. The van der Waals surface area contributed by atoms with Gasteiger partial charge in [-0.15, -0.1) is 0 Å². The van der Waals surface area contributed by atoms with Gasteiger partial charge in [-0.25, -0.2) is 4.98 Å². The van der Waals surface area contributed by atoms with E-state index >= 15 is 0 Å². The summed E-state index contributed by atoms with van der Waals surface area (Å²) in [6.07, 6.45) is 8.63. The molecule has 1 spiro atoms. The van der Waals surface area contributed by atoms with Gasteiger partial charge in [0, 0.05) is 87.0 Å². The summed E-state index contributed by atoms with van der Waals surface area (Å²) < 4.78 is 13.7. The molecule has 5 amide bonds. The van der Waals surface area contributed by atoms with Gasteiger partial charge in [0.2, 0.25) is 17.7 Å². The van der Waals surface area contributed by atoms with Gasteiger partial charge in [0.25, 0.3) is 17.4 Å². The van der Waals surface area contributed by atoms with E-state index in [4.69, 9.17) is 21.1 Å². The van der Waals surface area contributed by atoms with Crippen molar-refractivity contribution >= 4 is 57.7 Å². The van der Waals surface area contributed by atoms with Gasteiger partial charge in [-0.1, -0.05) is 11.6 Å². The number of carbonyl (C=O) groups is 5. The first kappa shape index (κ1) is 41.5. The van der Waals surface area contributed by atoms with Crippen LogP contribution in [-0.2, 0) is 28.0 Å². The van der Waals surface area contributed by atoms with E-state index in [1.807, 2.05) is 48.3 Å². The molecular weight excluding hydrogens is 814 g/mol. The van der Waals surface area contributed by atoms with Gasteiger partial charge in [0.1, 0.15) is 23.4 Å². The lowest BCUT2D eigenvalue weighted by Crippen LogP contribution is -2.54. The maximum absolute atomic E-state index is 13.8. The monoisotopic (exact) mass is 863 g/mol. The Hall–Kier alpha value is -5.80. The average Bonchev–Trinajstić information content (AvgIpc) is 3.49. The molecule has 1 unspecified atom stereocenters. The van der Waals surface area contributed by atoms with Crippen molar-refractivity contribution in [1.82, 2.24) is 29.6 Å². The van der Waals surface area contributed by atoms with E-state index in [1.165, 1.54) is 0 Å². The lowest BCUT2D eigenvalue weighted by Gasteiger charge is -2.52. The number of piperidine rings is 3. The van der Waals surface area contributed by atoms with E-state index in [0.717, 1.165) is 84.4 Å². The summed E-state index contributed by atoms with van der Waals surface area (Å²) in [7, 11) is 7.19. The zero-order valence-electron chi connectivity index (χ0n) is 35.4. The number of nitrogens with one attached hydrogen (secondary N) is 1. The van der Waals surface area contributed by atoms with Crippen molar-refractivity contribution in [2.45, 2.75) is 70.1 Å². The number of benzene rings is 2. The van der Waals surface area contributed by atoms with Crippen LogP contribution in [0.4, 0.5) is 5.82 Å². The second-order valence-corrected chi connectivity index (χ2v) is 18.2. The van der Waals surface area contributed by atoms with Crippen LogP contribution < -0.4 is 25.2 Å². The van der Waals surface area contributed by atoms with Gasteiger partial charge in [-0.2, -0.15) is 0 Å². The van der Waals surface area contributed by atoms with E-state index in [-0.39, 0.29) is 52.9 Å². The lowest BCUT2D eigenvalue weighted by atomic mass is 9.61. The second kappa shape index (κ2) is 16.2. The molecule has 0 radical (unpaired) electrons. The molecule has 9 rings (SSSR count). The minimum atomic E-state index is -1.01. The van der Waals surface area contributed by atoms with E-state index in [9.17, 15) is 28.8 Å². The Labute approximate surface area is 363 Å². The standard InChI is InChI=1S/C46H50ClN7O8/c1-50(2)39-20-31-33(23-48-39)43(58)51(3)24-34(31)27-17-36(47)35(38(18-27)61-4)25-52-13-9-26(10-14-52)42(57)53-15-11-46(12-16-53)21-29(22-46)62-28-5-6-30-32(19-28)45(60)54(44(30)59)37-7-8-40(55)49-41(37)56/h5-6,17-20,23-24,26,29,37H,7-16,21-22,25H2,1-4H3,(H,49,55,56). The molecule has 62 heavy (non-hydrogen) atoms. The Morgan fingerprint density at radius 3 is 2.34 bits per heavy atom. The fraction of sp³-hybridized carbons (Fsp3) is 0.457. The minimum Gasteiger partial charge on any atom is -0.496 e. The van der Waals surface area contributed by atoms with Crippen LogP contribution in [0.1, 0.15) is 77.6 Å². The second-order valence-electron chi connectivity index (χ2n) is 17.8. The molecule has 1 atom stereocenters. The van der Waals surface area contributed by atoms with Gasteiger partial charge in [0.15, 0.2) is 0 Å². The number of hydrogen-bond acceptors (Lipinski definition) is 11. The fourth-order valence-corrected chi connectivity index (χ4v) is 10.3. The first-order chi connectivity index (χ1) is 29.7. The molecule has 2 aromatic carbocycles. The van der Waals surface area contributed by atoms with Crippen molar-refractivity contribution in [2.24, 2.45) is 18.4 Å². The fourth-order valence-electron chi connectivity index (χ4n) is 10.1. The minimum absolute atomic E-state index is 0.0302. The summed E-state index contributed by atoms with van der Waals surface area (Å²) in [6, 6.07) is 9.66. The number of halogens is 1. The highest BCUT2D eigenvalue weighted by Crippen LogP contribution is 2.51. The maximum Gasteiger partial charge on any atom is 0.262 e. The quantitative estimate of drug-likeness (QED) is 0.230. The smallest absolute Gasteiger partial charge is 0.262 e. The summed E-state index contributed by atoms with van der Waals surface area (Å²) in [5.74, 6) is -0.0489. The molecule has 4 aliphatic heterocycles. The molecule has 1 saturated carbocycles. The SMILES string of the molecule is COc1cc(-c2cn(C)c(=O)c3cnc(N(C)C)cc23)cc(Cl)c1CN1CCC(C(=O)N2CCC3(CC2)CC(Oc2ccc4c(c2)C(=O)N(C2CCC(=O)NC2=O)C4=O)C3)CC1. The summed E-state index contributed by atoms with van der Waals surface area (Å²) in [5.41, 5.74) is 2.98. The number of nitrogens with zero attached hydrogens (tertiary/aromatic N) is 6. The highest BCUT2D eigenvalue weighted by molar-refractivity contribution is 6.32. The van der Waals surface area contributed by atoms with Crippen molar-refractivity contribution < 1.29 is 33.4 Å². The third-order valence-corrected chi connectivity index (χ3v) is 14.0. The molecule has 5 aliphatic rings. The van der Waals surface area contributed by atoms with Crippen molar-refractivity contribution in [1.29, 1.82) is 0 Å². The number of pyridine rings is 2. The predicted octanol–water partition coefficient (Wildman–Crippen LogP) is 4.79. The molecule has 1 N–H and O–H groups in total. The predicted molar refractivity (Wildman–Crippen MR) is 231 cm³/mol. The first-order valence-electron chi connectivity index (χ1n) is 21.3. The van der Waals surface area contributed by atoms with Crippen LogP contribution in [0.2, 0.25) is 5.02 Å². The third-order valence-electron chi connectivity index (χ3n) is 13.7. The number of aromatic nitrogens is 2.